The molecule has 1 aromatic rings. The normalized spacial score (nSPS) is 10.2. The zero-order valence-electron chi connectivity index (χ0n) is 8.43. The minimum absolute atomic E-state index is 0.0748. The number of nitrogens with one attached hydrogen (secondary N) is 1. The van der Waals surface area contributed by atoms with E-state index in [2.05, 4.69) is 10.3 Å². The lowest BCUT2D eigenvalue weighted by Gasteiger charge is -1.95. The van der Waals surface area contributed by atoms with Crippen molar-refractivity contribution in [3.05, 3.63) is 35.7 Å². The quantitative estimate of drug-likeness (QED) is 0.745. The molecule has 1 heterocycles. The molecule has 1 amide bonds. The SMILES string of the molecule is CC(=O)NCC=Cc1cc(C=O)ccn1. The van der Waals surface area contributed by atoms with Crippen LogP contribution in [0.25, 0.3) is 6.08 Å². The van der Waals surface area contributed by atoms with E-state index in [-0.39, 0.29) is 5.91 Å². The van der Waals surface area contributed by atoms with Crippen molar-refractivity contribution in [1.29, 1.82) is 0 Å². The molecule has 0 unspecified atom stereocenters. The number of pyridine rings is 1. The Morgan fingerprint density at radius 1 is 1.60 bits per heavy atom. The smallest absolute Gasteiger partial charge is 0.217 e. The van der Waals surface area contributed by atoms with Gasteiger partial charge in [0.25, 0.3) is 0 Å². The number of carbonyl (C=O) groups excluding carboxylic acids is 2. The van der Waals surface area contributed by atoms with Gasteiger partial charge >= 0.3 is 0 Å². The minimum Gasteiger partial charge on any atom is -0.353 e. The molecule has 15 heavy (non-hydrogen) atoms. The number of hydrogen-bond acceptors (Lipinski definition) is 3. The van der Waals surface area contributed by atoms with Gasteiger partial charge in [-0.1, -0.05) is 6.08 Å². The summed E-state index contributed by atoms with van der Waals surface area (Å²) in [5.74, 6) is -0.0748. The molecule has 1 N–H and O–H groups in total. The van der Waals surface area contributed by atoms with Crippen molar-refractivity contribution in [2.24, 2.45) is 0 Å². The van der Waals surface area contributed by atoms with Crippen molar-refractivity contribution in [1.82, 2.24) is 10.3 Å². The van der Waals surface area contributed by atoms with Crippen molar-refractivity contribution >= 4 is 18.3 Å². The average Bonchev–Trinajstić information content (AvgIpc) is 2.24. The number of aldehydes is 1. The minimum atomic E-state index is -0.0748. The van der Waals surface area contributed by atoms with Gasteiger partial charge in [0, 0.05) is 25.2 Å². The predicted octanol–water partition coefficient (Wildman–Crippen LogP) is 1.04. The summed E-state index contributed by atoms with van der Waals surface area (Å²) in [6.07, 6.45) is 5.87. The standard InChI is InChI=1S/C11H12N2O2/c1-9(15)12-5-2-3-11-7-10(8-14)4-6-13-11/h2-4,6-8H,5H2,1H3,(H,12,15). The maximum atomic E-state index is 10.5. The van der Waals surface area contributed by atoms with Crippen molar-refractivity contribution in [3.63, 3.8) is 0 Å². The Morgan fingerprint density at radius 2 is 2.40 bits per heavy atom. The number of carbonyl (C=O) groups is 2. The van der Waals surface area contributed by atoms with E-state index in [1.807, 2.05) is 0 Å². The van der Waals surface area contributed by atoms with Gasteiger partial charge in [-0.25, -0.2) is 0 Å². The van der Waals surface area contributed by atoms with Crippen LogP contribution in [-0.2, 0) is 4.79 Å². The van der Waals surface area contributed by atoms with Crippen LogP contribution in [0, 0.1) is 0 Å². The van der Waals surface area contributed by atoms with Crippen LogP contribution in [0.2, 0.25) is 0 Å². The molecule has 0 fully saturated rings. The zero-order chi connectivity index (χ0) is 11.1. The van der Waals surface area contributed by atoms with Crippen LogP contribution in [0.15, 0.2) is 24.4 Å². The lowest BCUT2D eigenvalue weighted by Crippen LogP contribution is -2.19. The molecule has 0 aliphatic carbocycles. The first-order chi connectivity index (χ1) is 7.22. The number of aromatic nitrogens is 1. The van der Waals surface area contributed by atoms with Crippen LogP contribution >= 0.6 is 0 Å². The second kappa shape index (κ2) is 5.70. The molecular formula is C11H12N2O2. The lowest BCUT2D eigenvalue weighted by molar-refractivity contribution is -0.118. The van der Waals surface area contributed by atoms with Crippen LogP contribution in [0.4, 0.5) is 0 Å². The van der Waals surface area contributed by atoms with Crippen molar-refractivity contribution < 1.29 is 9.59 Å². The van der Waals surface area contributed by atoms with Crippen molar-refractivity contribution in [2.75, 3.05) is 6.54 Å². The predicted molar refractivity (Wildman–Crippen MR) is 57.3 cm³/mol. The zero-order valence-corrected chi connectivity index (χ0v) is 8.43. The Bertz CT molecular complexity index is 386. The third-order valence-corrected chi connectivity index (χ3v) is 1.70. The van der Waals surface area contributed by atoms with E-state index in [4.69, 9.17) is 0 Å². The van der Waals surface area contributed by atoms with Crippen LogP contribution in [-0.4, -0.2) is 23.7 Å². The number of nitrogens with zero attached hydrogens (tertiary/aromatic N) is 1. The summed E-state index contributed by atoms with van der Waals surface area (Å²) in [7, 11) is 0. The van der Waals surface area contributed by atoms with E-state index in [0.29, 0.717) is 17.8 Å². The largest absolute Gasteiger partial charge is 0.353 e. The van der Waals surface area contributed by atoms with E-state index in [0.717, 1.165) is 6.29 Å². The van der Waals surface area contributed by atoms with Crippen LogP contribution < -0.4 is 5.32 Å². The summed E-state index contributed by atoms with van der Waals surface area (Å²) < 4.78 is 0. The molecule has 0 atom stereocenters. The first kappa shape index (κ1) is 11.1. The van der Waals surface area contributed by atoms with Crippen LogP contribution in [0.3, 0.4) is 0 Å². The monoisotopic (exact) mass is 204 g/mol. The number of amides is 1. The summed E-state index contributed by atoms with van der Waals surface area (Å²) in [5.41, 5.74) is 1.29. The van der Waals surface area contributed by atoms with Gasteiger partial charge in [-0.2, -0.15) is 0 Å². The third-order valence-electron chi connectivity index (χ3n) is 1.70. The molecule has 0 saturated carbocycles. The maximum Gasteiger partial charge on any atom is 0.217 e. The fourth-order valence-electron chi connectivity index (χ4n) is 1.01. The van der Waals surface area contributed by atoms with Gasteiger partial charge in [0.15, 0.2) is 0 Å². The second-order valence-electron chi connectivity index (χ2n) is 2.97. The molecule has 0 aliphatic rings. The molecule has 0 aliphatic heterocycles. The van der Waals surface area contributed by atoms with Crippen LogP contribution in [0.5, 0.6) is 0 Å². The summed E-state index contributed by atoms with van der Waals surface area (Å²) >= 11 is 0. The molecule has 0 bridgehead atoms. The van der Waals surface area contributed by atoms with Gasteiger partial charge in [-0.05, 0) is 18.2 Å². The molecule has 1 rings (SSSR count). The first-order valence-electron chi connectivity index (χ1n) is 4.54. The van der Waals surface area contributed by atoms with Gasteiger partial charge in [-0.15, -0.1) is 0 Å². The highest BCUT2D eigenvalue weighted by molar-refractivity contribution is 5.75. The highest BCUT2D eigenvalue weighted by atomic mass is 16.1. The Hall–Kier alpha value is -1.97. The fourth-order valence-corrected chi connectivity index (χ4v) is 1.01. The van der Waals surface area contributed by atoms with E-state index in [9.17, 15) is 9.59 Å². The topological polar surface area (TPSA) is 59.1 Å². The summed E-state index contributed by atoms with van der Waals surface area (Å²) in [4.78, 5) is 25.1. The van der Waals surface area contributed by atoms with Crippen molar-refractivity contribution in [2.45, 2.75) is 6.92 Å². The molecule has 4 heteroatoms. The molecule has 78 valence electrons. The van der Waals surface area contributed by atoms with E-state index in [1.54, 1.807) is 30.5 Å². The highest BCUT2D eigenvalue weighted by Gasteiger charge is 1.91. The fraction of sp³-hybridized carbons (Fsp3) is 0.182. The molecule has 1 aromatic heterocycles. The third kappa shape index (κ3) is 4.17. The Morgan fingerprint density at radius 3 is 3.07 bits per heavy atom. The summed E-state index contributed by atoms with van der Waals surface area (Å²) in [6, 6.07) is 3.31. The molecule has 0 saturated heterocycles. The van der Waals surface area contributed by atoms with E-state index < -0.39 is 0 Å². The molecule has 0 aromatic carbocycles. The van der Waals surface area contributed by atoms with Gasteiger partial charge < -0.3 is 5.32 Å². The highest BCUT2D eigenvalue weighted by Crippen LogP contribution is 2.00. The van der Waals surface area contributed by atoms with E-state index in [1.165, 1.54) is 6.92 Å². The van der Waals surface area contributed by atoms with Crippen LogP contribution in [0.1, 0.15) is 23.0 Å². The lowest BCUT2D eigenvalue weighted by atomic mass is 10.2. The number of hydrogen-bond donors (Lipinski definition) is 1. The van der Waals surface area contributed by atoms with Crippen molar-refractivity contribution in [3.8, 4) is 0 Å². The summed E-state index contributed by atoms with van der Waals surface area (Å²) in [5, 5.41) is 2.62. The van der Waals surface area contributed by atoms with Gasteiger partial charge in [0.05, 0.1) is 5.69 Å². The number of rotatable bonds is 4. The Labute approximate surface area is 88.0 Å². The molecule has 0 spiro atoms. The van der Waals surface area contributed by atoms with Gasteiger partial charge in [0.2, 0.25) is 5.91 Å². The molecule has 4 nitrogen and oxygen atoms in total. The molecule has 0 radical (unpaired) electrons. The molecular weight excluding hydrogens is 192 g/mol. The Balaban J connectivity index is 2.56. The van der Waals surface area contributed by atoms with E-state index >= 15 is 0 Å². The van der Waals surface area contributed by atoms with Gasteiger partial charge in [0.1, 0.15) is 6.29 Å². The maximum absolute atomic E-state index is 10.5. The second-order valence-corrected chi connectivity index (χ2v) is 2.97. The first-order valence-corrected chi connectivity index (χ1v) is 4.54. The summed E-state index contributed by atoms with van der Waals surface area (Å²) in [6.45, 7) is 1.92. The average molecular weight is 204 g/mol. The Kier molecular flexibility index (Phi) is 4.22. The van der Waals surface area contributed by atoms with Gasteiger partial charge in [-0.3, -0.25) is 14.6 Å².